The van der Waals surface area contributed by atoms with Crippen LogP contribution in [0.3, 0.4) is 0 Å². The first-order chi connectivity index (χ1) is 12.9. The molecule has 1 heterocycles. The fourth-order valence-corrected chi connectivity index (χ4v) is 4.29. The molecule has 140 valence electrons. The molecule has 10 heteroatoms. The third-order valence-electron chi connectivity index (χ3n) is 3.61. The van der Waals surface area contributed by atoms with Crippen molar-refractivity contribution in [2.45, 2.75) is 16.3 Å². The largest absolute Gasteiger partial charge is 0.334 e. The first-order valence-electron chi connectivity index (χ1n) is 7.69. The Morgan fingerprint density at radius 1 is 1.11 bits per heavy atom. The molecule has 0 radical (unpaired) electrons. The Bertz CT molecular complexity index is 1050. The maximum atomic E-state index is 12.7. The number of hydrogen-bond donors (Lipinski definition) is 3. The third-order valence-corrected chi connectivity index (χ3v) is 6.10. The molecule has 0 aliphatic heterocycles. The van der Waals surface area contributed by atoms with Crippen LogP contribution in [-0.2, 0) is 16.4 Å². The van der Waals surface area contributed by atoms with Gasteiger partial charge in [0.15, 0.2) is 0 Å². The van der Waals surface area contributed by atoms with E-state index in [1.165, 1.54) is 42.5 Å². The quantitative estimate of drug-likeness (QED) is 0.577. The van der Waals surface area contributed by atoms with Gasteiger partial charge in [-0.1, -0.05) is 23.2 Å². The van der Waals surface area contributed by atoms with Crippen LogP contribution in [0.25, 0.3) is 0 Å². The summed E-state index contributed by atoms with van der Waals surface area (Å²) in [6.07, 6.45) is 3.27. The number of aromatic amines is 1. The minimum atomic E-state index is -3.80. The van der Waals surface area contributed by atoms with Crippen molar-refractivity contribution in [1.29, 1.82) is 0 Å². The van der Waals surface area contributed by atoms with Crippen LogP contribution >= 0.6 is 23.2 Å². The number of sulfone groups is 1. The summed E-state index contributed by atoms with van der Waals surface area (Å²) < 4.78 is 25.4. The van der Waals surface area contributed by atoms with Gasteiger partial charge in [0, 0.05) is 29.0 Å². The van der Waals surface area contributed by atoms with E-state index in [2.05, 4.69) is 20.8 Å². The molecule has 3 aromatic rings. The summed E-state index contributed by atoms with van der Waals surface area (Å²) in [7, 11) is -3.80. The molecule has 0 saturated heterocycles. The molecule has 0 spiro atoms. The van der Waals surface area contributed by atoms with Gasteiger partial charge in [0.1, 0.15) is 0 Å². The number of nitrogens with one attached hydrogen (secondary N) is 3. The maximum absolute atomic E-state index is 12.7. The predicted molar refractivity (Wildman–Crippen MR) is 103 cm³/mol. The summed E-state index contributed by atoms with van der Waals surface area (Å²) in [6, 6.07) is 9.54. The van der Waals surface area contributed by atoms with Gasteiger partial charge in [0.05, 0.1) is 21.0 Å². The van der Waals surface area contributed by atoms with Crippen molar-refractivity contribution in [2.24, 2.45) is 0 Å². The highest BCUT2D eigenvalue weighted by atomic mass is 35.5. The van der Waals surface area contributed by atoms with Crippen LogP contribution in [0, 0.1) is 0 Å². The van der Waals surface area contributed by atoms with Crippen molar-refractivity contribution < 1.29 is 13.2 Å². The van der Waals surface area contributed by atoms with Crippen molar-refractivity contribution in [3.63, 3.8) is 0 Å². The zero-order valence-corrected chi connectivity index (χ0v) is 16.1. The van der Waals surface area contributed by atoms with Crippen LogP contribution in [0.1, 0.15) is 5.56 Å². The molecule has 0 bridgehead atoms. The number of benzene rings is 2. The number of anilines is 1. The van der Waals surface area contributed by atoms with Crippen LogP contribution in [0.5, 0.6) is 0 Å². The second-order valence-electron chi connectivity index (χ2n) is 5.52. The number of hydrogen-bond acceptors (Lipinski definition) is 4. The summed E-state index contributed by atoms with van der Waals surface area (Å²) >= 11 is 11.8. The number of nitrogens with zero attached hydrogens (tertiary/aromatic N) is 1. The Labute approximate surface area is 165 Å². The minimum absolute atomic E-state index is 0.0351. The van der Waals surface area contributed by atoms with Gasteiger partial charge in [-0.3, -0.25) is 5.10 Å². The highest BCUT2D eigenvalue weighted by Gasteiger charge is 2.21. The molecule has 0 saturated carbocycles. The number of aromatic nitrogens is 2. The van der Waals surface area contributed by atoms with Gasteiger partial charge in [-0.05, 0) is 42.5 Å². The van der Waals surface area contributed by atoms with Gasteiger partial charge in [-0.2, -0.15) is 5.10 Å². The zero-order valence-electron chi connectivity index (χ0n) is 13.7. The molecule has 0 atom stereocenters. The van der Waals surface area contributed by atoms with Gasteiger partial charge < -0.3 is 10.6 Å². The normalized spacial score (nSPS) is 11.2. The number of halogens is 2. The molecule has 3 N–H and O–H groups in total. The van der Waals surface area contributed by atoms with Gasteiger partial charge in [-0.25, -0.2) is 13.2 Å². The van der Waals surface area contributed by atoms with E-state index in [0.29, 0.717) is 17.3 Å². The third kappa shape index (κ3) is 4.60. The van der Waals surface area contributed by atoms with Crippen LogP contribution in [-0.4, -0.2) is 24.6 Å². The van der Waals surface area contributed by atoms with Gasteiger partial charge >= 0.3 is 6.03 Å². The second kappa shape index (κ2) is 7.99. The van der Waals surface area contributed by atoms with Crippen LogP contribution in [0.4, 0.5) is 10.5 Å². The summed E-state index contributed by atoms with van der Waals surface area (Å²) in [5.74, 6) is 0. The van der Waals surface area contributed by atoms with E-state index >= 15 is 0 Å². The highest BCUT2D eigenvalue weighted by molar-refractivity contribution is 7.91. The SMILES string of the molecule is O=C(NCc1cn[nH]c1)Nc1ccc(S(=O)(=O)c2ccc(Cl)cc2Cl)cc1. The Hall–Kier alpha value is -2.55. The molecule has 0 unspecified atom stereocenters. The molecule has 0 aliphatic rings. The fraction of sp³-hybridized carbons (Fsp3) is 0.0588. The number of carbonyl (C=O) groups is 1. The van der Waals surface area contributed by atoms with E-state index in [-0.39, 0.29) is 14.8 Å². The zero-order chi connectivity index (χ0) is 19.4. The van der Waals surface area contributed by atoms with E-state index in [1.54, 1.807) is 12.4 Å². The Morgan fingerprint density at radius 3 is 2.48 bits per heavy atom. The molecule has 1 aromatic heterocycles. The second-order valence-corrected chi connectivity index (χ2v) is 8.28. The first-order valence-corrected chi connectivity index (χ1v) is 9.93. The Morgan fingerprint density at radius 2 is 1.85 bits per heavy atom. The topological polar surface area (TPSA) is 104 Å². The van der Waals surface area contributed by atoms with Crippen LogP contribution in [0.15, 0.2) is 64.6 Å². The lowest BCUT2D eigenvalue weighted by atomic mass is 10.3. The lowest BCUT2D eigenvalue weighted by molar-refractivity contribution is 0.251. The highest BCUT2D eigenvalue weighted by Crippen LogP contribution is 2.30. The molecular weight excluding hydrogens is 411 g/mol. The number of amides is 2. The van der Waals surface area contributed by atoms with Crippen LogP contribution in [0.2, 0.25) is 10.0 Å². The lowest BCUT2D eigenvalue weighted by Gasteiger charge is -2.09. The smallest absolute Gasteiger partial charge is 0.319 e. The summed E-state index contributed by atoms with van der Waals surface area (Å²) in [5, 5.41) is 12.1. The van der Waals surface area contributed by atoms with Crippen molar-refractivity contribution >= 4 is 44.8 Å². The van der Waals surface area contributed by atoms with Gasteiger partial charge in [-0.15, -0.1) is 0 Å². The molecular formula is C17H14Cl2N4O3S. The number of H-pyrrole nitrogens is 1. The Balaban J connectivity index is 1.70. The van der Waals surface area contributed by atoms with Crippen molar-refractivity contribution in [2.75, 3.05) is 5.32 Å². The first kappa shape index (κ1) is 19.2. The van der Waals surface area contributed by atoms with Crippen molar-refractivity contribution in [3.8, 4) is 0 Å². The van der Waals surface area contributed by atoms with Crippen molar-refractivity contribution in [1.82, 2.24) is 15.5 Å². The van der Waals surface area contributed by atoms with Gasteiger partial charge in [0.25, 0.3) is 0 Å². The van der Waals surface area contributed by atoms with E-state index in [1.807, 2.05) is 0 Å². The summed E-state index contributed by atoms with van der Waals surface area (Å²) in [6.45, 7) is 0.309. The Kier molecular flexibility index (Phi) is 5.69. The fourth-order valence-electron chi connectivity index (χ4n) is 2.27. The number of carbonyl (C=O) groups excluding carboxylic acids is 1. The number of urea groups is 1. The molecule has 2 aromatic carbocycles. The molecule has 27 heavy (non-hydrogen) atoms. The lowest BCUT2D eigenvalue weighted by Crippen LogP contribution is -2.28. The van der Waals surface area contributed by atoms with Crippen LogP contribution < -0.4 is 10.6 Å². The monoisotopic (exact) mass is 424 g/mol. The average molecular weight is 425 g/mol. The standard InChI is InChI=1S/C17H14Cl2N4O3S/c18-12-1-6-16(15(19)7-12)27(25,26)14-4-2-13(3-5-14)23-17(24)20-8-11-9-21-22-10-11/h1-7,9-10H,8H2,(H,21,22)(H2,20,23,24). The molecule has 3 rings (SSSR count). The summed E-state index contributed by atoms with van der Waals surface area (Å²) in [4.78, 5) is 11.9. The predicted octanol–water partition coefficient (Wildman–Crippen LogP) is 3.87. The molecule has 0 aliphatic carbocycles. The maximum Gasteiger partial charge on any atom is 0.319 e. The average Bonchev–Trinajstić information content (AvgIpc) is 3.14. The van der Waals surface area contributed by atoms with E-state index in [9.17, 15) is 13.2 Å². The molecule has 0 fully saturated rings. The molecule has 2 amide bonds. The van der Waals surface area contributed by atoms with E-state index in [0.717, 1.165) is 5.56 Å². The van der Waals surface area contributed by atoms with Crippen molar-refractivity contribution in [3.05, 3.63) is 70.5 Å². The van der Waals surface area contributed by atoms with E-state index in [4.69, 9.17) is 23.2 Å². The minimum Gasteiger partial charge on any atom is -0.334 e. The number of rotatable bonds is 5. The molecule has 7 nitrogen and oxygen atoms in total. The van der Waals surface area contributed by atoms with E-state index < -0.39 is 15.9 Å². The summed E-state index contributed by atoms with van der Waals surface area (Å²) in [5.41, 5.74) is 1.27. The van der Waals surface area contributed by atoms with Gasteiger partial charge in [0.2, 0.25) is 9.84 Å².